The zero-order valence-corrected chi connectivity index (χ0v) is 14.9. The first-order valence-electron chi connectivity index (χ1n) is 7.40. The Bertz CT molecular complexity index is 537. The van der Waals surface area contributed by atoms with Gasteiger partial charge in [-0.1, -0.05) is 23.2 Å². The summed E-state index contributed by atoms with van der Waals surface area (Å²) < 4.78 is 4.91. The minimum absolute atomic E-state index is 0.0142. The lowest BCUT2D eigenvalue weighted by atomic mass is 10.1. The predicted octanol–water partition coefficient (Wildman–Crippen LogP) is 2.64. The Hall–Kier alpha value is -0.660. The predicted molar refractivity (Wildman–Crippen MR) is 95.1 cm³/mol. The van der Waals surface area contributed by atoms with E-state index < -0.39 is 6.10 Å². The molecule has 8 heteroatoms. The van der Waals surface area contributed by atoms with E-state index in [-0.39, 0.29) is 11.2 Å². The maximum absolute atomic E-state index is 11.3. The Morgan fingerprint density at radius 3 is 2.74 bits per heavy atom. The van der Waals surface area contributed by atoms with Gasteiger partial charge < -0.3 is 20.9 Å². The number of rotatable bonds is 8. The van der Waals surface area contributed by atoms with E-state index in [0.717, 1.165) is 25.1 Å². The lowest BCUT2D eigenvalue weighted by molar-refractivity contribution is -0.137. The van der Waals surface area contributed by atoms with Crippen molar-refractivity contribution in [3.63, 3.8) is 0 Å². The number of nitrogens with one attached hydrogen (secondary N) is 1. The van der Waals surface area contributed by atoms with Gasteiger partial charge in [0.25, 0.3) is 0 Å². The minimum atomic E-state index is -0.705. The lowest BCUT2D eigenvalue weighted by Crippen LogP contribution is -2.23. The van der Waals surface area contributed by atoms with Crippen LogP contribution in [0, 0.1) is 0 Å². The van der Waals surface area contributed by atoms with Gasteiger partial charge in [0.1, 0.15) is 5.25 Å². The molecule has 1 aliphatic heterocycles. The fourth-order valence-electron chi connectivity index (χ4n) is 2.20. The molecular weight excluding hydrogens is 359 g/mol. The summed E-state index contributed by atoms with van der Waals surface area (Å²) in [5.74, 6) is 0.776. The van der Waals surface area contributed by atoms with E-state index in [0.29, 0.717) is 34.4 Å². The third-order valence-corrected chi connectivity index (χ3v) is 5.51. The molecule has 1 fully saturated rings. The SMILES string of the molecule is Nc1c(Cl)cc(C(O)CNCCCSC2CCOC2=O)cc1Cl. The standard InChI is InChI=1S/C15H20Cl2N2O3S/c16-10-6-9(7-11(17)14(10)18)12(20)8-19-3-1-5-23-13-2-4-22-15(13)21/h6-7,12-13,19-20H,1-5,8,18H2. The molecule has 0 radical (unpaired) electrons. The van der Waals surface area contributed by atoms with Gasteiger partial charge in [-0.3, -0.25) is 4.79 Å². The molecule has 2 unspecified atom stereocenters. The summed E-state index contributed by atoms with van der Waals surface area (Å²) in [6, 6.07) is 3.24. The number of aliphatic hydroxyl groups excluding tert-OH is 1. The van der Waals surface area contributed by atoms with Crippen LogP contribution in [0.1, 0.15) is 24.5 Å². The number of nitrogen functional groups attached to an aromatic ring is 1. The zero-order chi connectivity index (χ0) is 16.8. The number of halogens is 2. The van der Waals surface area contributed by atoms with Crippen molar-refractivity contribution in [3.8, 4) is 0 Å². The number of hydrogen-bond acceptors (Lipinski definition) is 6. The van der Waals surface area contributed by atoms with E-state index in [1.807, 2.05) is 0 Å². The molecule has 1 aliphatic rings. The molecule has 23 heavy (non-hydrogen) atoms. The van der Waals surface area contributed by atoms with Gasteiger partial charge in [-0.25, -0.2) is 0 Å². The largest absolute Gasteiger partial charge is 0.465 e. The van der Waals surface area contributed by atoms with E-state index in [2.05, 4.69) is 5.32 Å². The molecule has 0 saturated carbocycles. The summed E-state index contributed by atoms with van der Waals surface area (Å²) in [7, 11) is 0. The van der Waals surface area contributed by atoms with Crippen LogP contribution < -0.4 is 11.1 Å². The van der Waals surface area contributed by atoms with Gasteiger partial charge in [0.05, 0.1) is 28.4 Å². The molecule has 1 saturated heterocycles. The molecule has 0 amide bonds. The molecule has 1 aromatic rings. The molecule has 0 spiro atoms. The van der Waals surface area contributed by atoms with Crippen LogP contribution in [0.15, 0.2) is 12.1 Å². The topological polar surface area (TPSA) is 84.6 Å². The Morgan fingerprint density at radius 2 is 2.13 bits per heavy atom. The highest BCUT2D eigenvalue weighted by molar-refractivity contribution is 8.00. The number of thioether (sulfide) groups is 1. The monoisotopic (exact) mass is 378 g/mol. The normalized spacial score (nSPS) is 18.9. The van der Waals surface area contributed by atoms with Crippen molar-refractivity contribution in [2.75, 3.05) is 31.2 Å². The van der Waals surface area contributed by atoms with Gasteiger partial charge >= 0.3 is 5.97 Å². The molecule has 0 bridgehead atoms. The molecule has 2 atom stereocenters. The van der Waals surface area contributed by atoms with Crippen LogP contribution in [0.4, 0.5) is 5.69 Å². The number of anilines is 1. The first kappa shape index (κ1) is 18.7. The van der Waals surface area contributed by atoms with Crippen molar-refractivity contribution >= 4 is 46.6 Å². The average molecular weight is 379 g/mol. The Kier molecular flexibility index (Phi) is 7.30. The molecule has 0 aliphatic carbocycles. The van der Waals surface area contributed by atoms with Crippen molar-refractivity contribution in [2.45, 2.75) is 24.2 Å². The number of carbonyl (C=O) groups is 1. The highest BCUT2D eigenvalue weighted by Crippen LogP contribution is 2.31. The number of cyclic esters (lactones) is 1. The Labute approximate surface area is 149 Å². The quantitative estimate of drug-likeness (QED) is 0.366. The summed E-state index contributed by atoms with van der Waals surface area (Å²) >= 11 is 13.5. The van der Waals surface area contributed by atoms with Crippen molar-refractivity contribution in [1.29, 1.82) is 0 Å². The van der Waals surface area contributed by atoms with Crippen LogP contribution in [0.5, 0.6) is 0 Å². The van der Waals surface area contributed by atoms with Gasteiger partial charge in [-0.05, 0) is 36.4 Å². The summed E-state index contributed by atoms with van der Waals surface area (Å²) in [5.41, 5.74) is 6.62. The van der Waals surface area contributed by atoms with Crippen LogP contribution in [-0.4, -0.2) is 41.8 Å². The molecule has 2 rings (SSSR count). The van der Waals surface area contributed by atoms with Crippen LogP contribution in [-0.2, 0) is 9.53 Å². The molecule has 1 heterocycles. The number of nitrogens with two attached hydrogens (primary N) is 1. The molecule has 128 valence electrons. The second kappa shape index (κ2) is 8.99. The van der Waals surface area contributed by atoms with Gasteiger partial charge in [-0.2, -0.15) is 0 Å². The number of hydrogen-bond donors (Lipinski definition) is 3. The van der Waals surface area contributed by atoms with Gasteiger partial charge in [0.2, 0.25) is 0 Å². The van der Waals surface area contributed by atoms with Crippen LogP contribution >= 0.6 is 35.0 Å². The minimum Gasteiger partial charge on any atom is -0.465 e. The Balaban J connectivity index is 1.65. The van der Waals surface area contributed by atoms with Crippen LogP contribution in [0.25, 0.3) is 0 Å². The lowest BCUT2D eigenvalue weighted by Gasteiger charge is -2.14. The van der Waals surface area contributed by atoms with Gasteiger partial charge in [0, 0.05) is 13.0 Å². The second-order valence-electron chi connectivity index (χ2n) is 5.29. The number of ether oxygens (including phenoxy) is 1. The molecule has 0 aromatic heterocycles. The van der Waals surface area contributed by atoms with Crippen LogP contribution in [0.3, 0.4) is 0 Å². The smallest absolute Gasteiger partial charge is 0.319 e. The maximum Gasteiger partial charge on any atom is 0.319 e. The molecule has 4 N–H and O–H groups in total. The van der Waals surface area contributed by atoms with Crippen molar-refractivity contribution in [2.24, 2.45) is 0 Å². The molecular formula is C15H20Cl2N2O3S. The number of esters is 1. The summed E-state index contributed by atoms with van der Waals surface area (Å²) in [6.07, 6.45) is 1.00. The summed E-state index contributed by atoms with van der Waals surface area (Å²) in [5, 5.41) is 14.0. The van der Waals surface area contributed by atoms with E-state index in [9.17, 15) is 9.90 Å². The number of benzene rings is 1. The second-order valence-corrected chi connectivity index (χ2v) is 7.41. The fraction of sp³-hybridized carbons (Fsp3) is 0.533. The third kappa shape index (κ3) is 5.43. The van der Waals surface area contributed by atoms with E-state index >= 15 is 0 Å². The third-order valence-electron chi connectivity index (χ3n) is 3.53. The van der Waals surface area contributed by atoms with Crippen LogP contribution in [0.2, 0.25) is 10.0 Å². The first-order chi connectivity index (χ1) is 11.0. The van der Waals surface area contributed by atoms with Gasteiger partial charge in [-0.15, -0.1) is 11.8 Å². The maximum atomic E-state index is 11.3. The van der Waals surface area contributed by atoms with E-state index in [4.69, 9.17) is 33.7 Å². The highest BCUT2D eigenvalue weighted by Gasteiger charge is 2.26. The first-order valence-corrected chi connectivity index (χ1v) is 9.21. The van der Waals surface area contributed by atoms with Crippen molar-refractivity contribution in [3.05, 3.63) is 27.7 Å². The molecule has 5 nitrogen and oxygen atoms in total. The van der Waals surface area contributed by atoms with Crippen molar-refractivity contribution in [1.82, 2.24) is 5.32 Å². The van der Waals surface area contributed by atoms with Gasteiger partial charge in [0.15, 0.2) is 0 Å². The Morgan fingerprint density at radius 1 is 1.43 bits per heavy atom. The summed E-state index contributed by atoms with van der Waals surface area (Å²) in [6.45, 7) is 1.68. The number of aliphatic hydroxyl groups is 1. The average Bonchev–Trinajstić information content (AvgIpc) is 2.92. The van der Waals surface area contributed by atoms with Crippen molar-refractivity contribution < 1.29 is 14.6 Å². The zero-order valence-electron chi connectivity index (χ0n) is 12.6. The highest BCUT2D eigenvalue weighted by atomic mass is 35.5. The summed E-state index contributed by atoms with van der Waals surface area (Å²) in [4.78, 5) is 11.3. The number of carbonyl (C=O) groups excluding carboxylic acids is 1. The van der Waals surface area contributed by atoms with E-state index in [1.165, 1.54) is 0 Å². The van der Waals surface area contributed by atoms with E-state index in [1.54, 1.807) is 23.9 Å². The molecule has 1 aromatic carbocycles. The fourth-order valence-corrected chi connectivity index (χ4v) is 3.77.